The van der Waals surface area contributed by atoms with Crippen LogP contribution in [0.2, 0.25) is 5.15 Å². The second kappa shape index (κ2) is 6.98. The molecule has 7 heteroatoms. The number of pyridine rings is 1. The minimum Gasteiger partial charge on any atom is -0.463 e. The lowest BCUT2D eigenvalue weighted by atomic mass is 9.95. The third-order valence-corrected chi connectivity index (χ3v) is 4.55. The summed E-state index contributed by atoms with van der Waals surface area (Å²) in [6.07, 6.45) is 0. The Morgan fingerprint density at radius 3 is 2.84 bits per heavy atom. The minimum absolute atomic E-state index is 0.287. The predicted octanol–water partition coefficient (Wildman–Crippen LogP) is 3.55. The second-order valence-corrected chi connectivity index (χ2v) is 6.62. The first-order valence-electron chi connectivity index (χ1n) is 7.93. The van der Waals surface area contributed by atoms with Crippen molar-refractivity contribution < 1.29 is 9.53 Å². The van der Waals surface area contributed by atoms with E-state index in [0.717, 1.165) is 16.5 Å². The van der Waals surface area contributed by atoms with Gasteiger partial charge in [-0.15, -0.1) is 0 Å². The Bertz CT molecular complexity index is 911. The molecule has 0 spiro atoms. The Morgan fingerprint density at radius 1 is 1.36 bits per heavy atom. The average Bonchev–Trinajstić information content (AvgIpc) is 2.53. The van der Waals surface area contributed by atoms with Crippen LogP contribution >= 0.6 is 23.8 Å². The van der Waals surface area contributed by atoms with E-state index in [-0.39, 0.29) is 6.61 Å². The summed E-state index contributed by atoms with van der Waals surface area (Å²) in [6.45, 7) is 5.85. The fourth-order valence-electron chi connectivity index (χ4n) is 2.88. The number of benzene rings is 1. The summed E-state index contributed by atoms with van der Waals surface area (Å²) in [4.78, 5) is 16.9. The molecule has 2 N–H and O–H groups in total. The van der Waals surface area contributed by atoms with E-state index in [4.69, 9.17) is 28.6 Å². The molecule has 130 valence electrons. The van der Waals surface area contributed by atoms with Gasteiger partial charge in [-0.3, -0.25) is 0 Å². The molecule has 0 saturated heterocycles. The van der Waals surface area contributed by atoms with Crippen molar-refractivity contribution in [3.63, 3.8) is 0 Å². The summed E-state index contributed by atoms with van der Waals surface area (Å²) in [5, 5.41) is 7.77. The fourth-order valence-corrected chi connectivity index (χ4v) is 3.40. The van der Waals surface area contributed by atoms with Crippen molar-refractivity contribution in [3.8, 4) is 0 Å². The van der Waals surface area contributed by atoms with E-state index >= 15 is 0 Å². The van der Waals surface area contributed by atoms with Crippen molar-refractivity contribution in [2.45, 2.75) is 26.8 Å². The van der Waals surface area contributed by atoms with Gasteiger partial charge in [-0.1, -0.05) is 23.7 Å². The first kappa shape index (κ1) is 17.6. The van der Waals surface area contributed by atoms with Gasteiger partial charge in [-0.25, -0.2) is 9.78 Å². The molecule has 25 heavy (non-hydrogen) atoms. The molecule has 1 aromatic heterocycles. The first-order chi connectivity index (χ1) is 11.9. The number of ether oxygens (including phenoxy) is 1. The number of carbonyl (C=O) groups excluding carboxylic acids is 1. The lowest BCUT2D eigenvalue weighted by molar-refractivity contribution is -0.139. The SMILES string of the molecule is CCOC(=O)C1=C(C)NC(=S)NC1c1cc2ccc(C)cc2nc1Cl. The van der Waals surface area contributed by atoms with Gasteiger partial charge in [0.25, 0.3) is 0 Å². The highest BCUT2D eigenvalue weighted by atomic mass is 35.5. The van der Waals surface area contributed by atoms with Gasteiger partial charge in [0.05, 0.1) is 23.7 Å². The molecule has 0 amide bonds. The topological polar surface area (TPSA) is 63.2 Å². The largest absolute Gasteiger partial charge is 0.463 e. The van der Waals surface area contributed by atoms with Gasteiger partial charge in [-0.2, -0.15) is 0 Å². The van der Waals surface area contributed by atoms with Crippen LogP contribution < -0.4 is 10.6 Å². The molecule has 1 unspecified atom stereocenters. The van der Waals surface area contributed by atoms with Crippen LogP contribution in [0.5, 0.6) is 0 Å². The molecule has 1 aliphatic rings. The number of nitrogens with zero attached hydrogens (tertiary/aromatic N) is 1. The smallest absolute Gasteiger partial charge is 0.338 e. The summed E-state index contributed by atoms with van der Waals surface area (Å²) in [5.41, 5.74) is 3.69. The van der Waals surface area contributed by atoms with Crippen molar-refractivity contribution in [1.29, 1.82) is 0 Å². The number of aryl methyl sites for hydroxylation is 1. The van der Waals surface area contributed by atoms with Gasteiger partial charge >= 0.3 is 5.97 Å². The van der Waals surface area contributed by atoms with E-state index in [9.17, 15) is 4.79 Å². The Labute approximate surface area is 156 Å². The third kappa shape index (κ3) is 3.45. The van der Waals surface area contributed by atoms with Crippen LogP contribution in [-0.4, -0.2) is 22.7 Å². The average molecular weight is 376 g/mol. The maximum absolute atomic E-state index is 12.5. The van der Waals surface area contributed by atoms with E-state index in [1.807, 2.05) is 31.2 Å². The number of thiocarbonyl (C=S) groups is 1. The summed E-state index contributed by atoms with van der Waals surface area (Å²) in [5.74, 6) is -0.410. The highest BCUT2D eigenvalue weighted by Crippen LogP contribution is 2.33. The van der Waals surface area contributed by atoms with E-state index in [1.54, 1.807) is 13.8 Å². The van der Waals surface area contributed by atoms with Crippen molar-refractivity contribution in [2.24, 2.45) is 0 Å². The molecular weight excluding hydrogens is 358 g/mol. The van der Waals surface area contributed by atoms with Crippen LogP contribution in [0.15, 0.2) is 35.5 Å². The van der Waals surface area contributed by atoms with Gasteiger partial charge in [-0.05, 0) is 50.7 Å². The first-order valence-corrected chi connectivity index (χ1v) is 8.71. The van der Waals surface area contributed by atoms with Gasteiger partial charge in [0.1, 0.15) is 5.15 Å². The Kier molecular flexibility index (Phi) is 4.92. The summed E-state index contributed by atoms with van der Waals surface area (Å²) >= 11 is 11.7. The number of esters is 1. The maximum atomic E-state index is 12.5. The van der Waals surface area contributed by atoms with E-state index in [0.29, 0.717) is 27.1 Å². The van der Waals surface area contributed by atoms with Gasteiger partial charge in [0.15, 0.2) is 5.11 Å². The zero-order valence-electron chi connectivity index (χ0n) is 14.1. The molecule has 0 aliphatic carbocycles. The van der Waals surface area contributed by atoms with Crippen LogP contribution in [0.4, 0.5) is 0 Å². The molecule has 2 heterocycles. The second-order valence-electron chi connectivity index (χ2n) is 5.86. The quantitative estimate of drug-likeness (QED) is 0.486. The monoisotopic (exact) mass is 375 g/mol. The summed E-state index contributed by atoms with van der Waals surface area (Å²) in [6, 6.07) is 7.38. The van der Waals surface area contributed by atoms with Crippen LogP contribution in [0.3, 0.4) is 0 Å². The lowest BCUT2D eigenvalue weighted by Gasteiger charge is -2.30. The zero-order chi connectivity index (χ0) is 18.1. The number of aromatic nitrogens is 1. The fraction of sp³-hybridized carbons (Fsp3) is 0.278. The number of allylic oxidation sites excluding steroid dienone is 1. The number of carbonyl (C=O) groups is 1. The summed E-state index contributed by atoms with van der Waals surface area (Å²) in [7, 11) is 0. The molecular formula is C18H18ClN3O2S. The molecule has 0 saturated carbocycles. The number of nitrogens with one attached hydrogen (secondary N) is 2. The number of hydrogen-bond acceptors (Lipinski definition) is 4. The van der Waals surface area contributed by atoms with Gasteiger partial charge in [0.2, 0.25) is 0 Å². The molecule has 5 nitrogen and oxygen atoms in total. The van der Waals surface area contributed by atoms with E-state index in [2.05, 4.69) is 15.6 Å². The van der Waals surface area contributed by atoms with Crippen LogP contribution in [0.1, 0.15) is 31.0 Å². The van der Waals surface area contributed by atoms with Crippen molar-refractivity contribution >= 4 is 45.8 Å². The lowest BCUT2D eigenvalue weighted by Crippen LogP contribution is -2.45. The number of fused-ring (bicyclic) bond motifs is 1. The van der Waals surface area contributed by atoms with E-state index < -0.39 is 12.0 Å². The Morgan fingerprint density at radius 2 is 2.12 bits per heavy atom. The standard InChI is InChI=1S/C18H18ClN3O2S/c1-4-24-17(23)14-10(3)20-18(25)22-15(14)12-8-11-6-5-9(2)7-13(11)21-16(12)19/h5-8,15H,4H2,1-3H3,(H2,20,22,25). The third-order valence-electron chi connectivity index (χ3n) is 4.03. The molecule has 1 aromatic carbocycles. The number of rotatable bonds is 3. The normalized spacial score (nSPS) is 17.3. The van der Waals surface area contributed by atoms with Crippen LogP contribution in [-0.2, 0) is 9.53 Å². The Hall–Kier alpha value is -2.18. The van der Waals surface area contributed by atoms with Crippen molar-refractivity contribution in [1.82, 2.24) is 15.6 Å². The summed E-state index contributed by atoms with van der Waals surface area (Å²) < 4.78 is 5.20. The molecule has 0 fully saturated rings. The Balaban J connectivity index is 2.14. The minimum atomic E-state index is -0.515. The molecule has 0 bridgehead atoms. The number of halogens is 1. The van der Waals surface area contributed by atoms with Crippen molar-refractivity contribution in [2.75, 3.05) is 6.61 Å². The zero-order valence-corrected chi connectivity index (χ0v) is 15.7. The maximum Gasteiger partial charge on any atom is 0.338 e. The molecule has 1 aliphatic heterocycles. The van der Waals surface area contributed by atoms with Gasteiger partial charge < -0.3 is 15.4 Å². The number of hydrogen-bond donors (Lipinski definition) is 2. The van der Waals surface area contributed by atoms with Crippen molar-refractivity contribution in [3.05, 3.63) is 51.8 Å². The van der Waals surface area contributed by atoms with E-state index in [1.165, 1.54) is 0 Å². The van der Waals surface area contributed by atoms with Crippen LogP contribution in [0.25, 0.3) is 10.9 Å². The highest BCUT2D eigenvalue weighted by Gasteiger charge is 2.32. The van der Waals surface area contributed by atoms with Gasteiger partial charge in [0, 0.05) is 16.6 Å². The molecule has 1 atom stereocenters. The molecule has 3 rings (SSSR count). The van der Waals surface area contributed by atoms with Crippen LogP contribution in [0, 0.1) is 6.92 Å². The highest BCUT2D eigenvalue weighted by molar-refractivity contribution is 7.80. The predicted molar refractivity (Wildman–Crippen MR) is 102 cm³/mol. The molecule has 2 aromatic rings. The molecule has 0 radical (unpaired) electrons.